The van der Waals surface area contributed by atoms with E-state index in [1.165, 1.54) is 0 Å². The molecule has 3 unspecified atom stereocenters. The van der Waals surface area contributed by atoms with E-state index in [0.717, 1.165) is 16.8 Å². The maximum atomic E-state index is 14.0. The Morgan fingerprint density at radius 2 is 1.56 bits per heavy atom. The Balaban J connectivity index is 1.79. The van der Waals surface area contributed by atoms with Crippen molar-refractivity contribution in [1.29, 1.82) is 10.5 Å². The van der Waals surface area contributed by atoms with Gasteiger partial charge in [-0.2, -0.15) is 10.5 Å². The van der Waals surface area contributed by atoms with Crippen molar-refractivity contribution in [3.8, 4) is 12.1 Å². The number of Topliss-reactive ketones (excluding diaryl/α,β-unsaturated/α-hetero) is 1. The smallest absolute Gasteiger partial charge is 0.185 e. The highest BCUT2D eigenvalue weighted by Gasteiger charge is 2.63. The lowest BCUT2D eigenvalue weighted by atomic mass is 9.69. The fourth-order valence-electron chi connectivity index (χ4n) is 5.05. The Labute approximate surface area is 191 Å². The normalized spacial score (nSPS) is 22.3. The number of nitriles is 2. The van der Waals surface area contributed by atoms with Gasteiger partial charge in [-0.05, 0) is 29.3 Å². The van der Waals surface area contributed by atoms with Crippen LogP contribution >= 0.6 is 11.6 Å². The first-order chi connectivity index (χ1) is 15.6. The number of carbonyl (C=O) groups is 1. The highest BCUT2D eigenvalue weighted by Crippen LogP contribution is 2.55. The van der Waals surface area contributed by atoms with Gasteiger partial charge in [0, 0.05) is 22.2 Å². The molecule has 5 heteroatoms. The second kappa shape index (κ2) is 7.68. The molecule has 0 aromatic heterocycles. The molecule has 0 aliphatic carbocycles. The number of halogens is 1. The lowest BCUT2D eigenvalue weighted by molar-refractivity contribution is 0.0951. The molecule has 1 saturated heterocycles. The van der Waals surface area contributed by atoms with Crippen LogP contribution < -0.4 is 4.90 Å². The minimum Gasteiger partial charge on any atom is -0.351 e. The van der Waals surface area contributed by atoms with Crippen LogP contribution in [0.3, 0.4) is 0 Å². The summed E-state index contributed by atoms with van der Waals surface area (Å²) in [7, 11) is 0. The zero-order valence-electron chi connectivity index (χ0n) is 17.0. The lowest BCUT2D eigenvalue weighted by Gasteiger charge is -2.35. The number of ketones is 1. The van der Waals surface area contributed by atoms with Gasteiger partial charge in [-0.1, -0.05) is 84.4 Å². The summed E-state index contributed by atoms with van der Waals surface area (Å²) in [5.41, 5.74) is 1.64. The molecule has 0 amide bonds. The average Bonchev–Trinajstić information content (AvgIpc) is 3.15. The molecular weight excluding hydrogens is 418 g/mol. The fourth-order valence-corrected chi connectivity index (χ4v) is 5.18. The summed E-state index contributed by atoms with van der Waals surface area (Å²) in [6, 6.07) is 27.3. The number of benzene rings is 3. The number of carbonyl (C=O) groups excluding carboxylic acids is 1. The summed E-state index contributed by atoms with van der Waals surface area (Å²) in [6.45, 7) is 0. The number of para-hydroxylation sites is 1. The van der Waals surface area contributed by atoms with Crippen LogP contribution in [-0.2, 0) is 0 Å². The second-order valence-electron chi connectivity index (χ2n) is 8.07. The molecule has 5 rings (SSSR count). The van der Waals surface area contributed by atoms with E-state index in [-0.39, 0.29) is 5.78 Å². The van der Waals surface area contributed by atoms with E-state index >= 15 is 0 Å². The summed E-state index contributed by atoms with van der Waals surface area (Å²) in [5.74, 6) is -0.781. The topological polar surface area (TPSA) is 67.9 Å². The zero-order chi connectivity index (χ0) is 22.3. The van der Waals surface area contributed by atoms with Crippen LogP contribution in [0.4, 0.5) is 5.69 Å². The van der Waals surface area contributed by atoms with Crippen LogP contribution in [0.5, 0.6) is 0 Å². The van der Waals surface area contributed by atoms with Crippen molar-refractivity contribution in [1.82, 2.24) is 0 Å². The van der Waals surface area contributed by atoms with E-state index in [9.17, 15) is 15.3 Å². The van der Waals surface area contributed by atoms with Crippen molar-refractivity contribution in [2.75, 3.05) is 4.90 Å². The molecule has 0 radical (unpaired) electrons. The molecule has 0 spiro atoms. The molecular formula is C27H18ClN3O. The van der Waals surface area contributed by atoms with Crippen molar-refractivity contribution in [2.24, 2.45) is 5.41 Å². The first-order valence-corrected chi connectivity index (χ1v) is 10.7. The van der Waals surface area contributed by atoms with Gasteiger partial charge in [0.15, 0.2) is 11.2 Å². The number of anilines is 1. The van der Waals surface area contributed by atoms with Gasteiger partial charge < -0.3 is 4.90 Å². The third-order valence-corrected chi connectivity index (χ3v) is 6.72. The Kier molecular flexibility index (Phi) is 4.82. The monoisotopic (exact) mass is 435 g/mol. The SMILES string of the molecule is N#CC1(C#N)C(c2ccc(Cl)cc2)C(C(=O)c2ccccc2)N2c3ccccc3C=CC21. The molecule has 4 nitrogen and oxygen atoms in total. The number of hydrogen-bond acceptors (Lipinski definition) is 4. The standard InChI is InChI=1S/C27H18ClN3O/c28-21-13-10-19(11-14-21)24-25(26(32)20-7-2-1-3-8-20)31-22-9-5-4-6-18(22)12-15-23(31)27(24,16-29)17-30/h1-15,23-25H. The molecule has 0 N–H and O–H groups in total. The molecule has 2 aliphatic rings. The summed E-state index contributed by atoms with van der Waals surface area (Å²) < 4.78 is 0. The van der Waals surface area contributed by atoms with Gasteiger partial charge in [-0.25, -0.2) is 0 Å². The molecule has 154 valence electrons. The van der Waals surface area contributed by atoms with Gasteiger partial charge in [-0.15, -0.1) is 0 Å². The van der Waals surface area contributed by atoms with E-state index < -0.39 is 23.4 Å². The molecule has 3 aromatic carbocycles. The van der Waals surface area contributed by atoms with Crippen molar-refractivity contribution < 1.29 is 4.79 Å². The Morgan fingerprint density at radius 3 is 2.25 bits per heavy atom. The summed E-state index contributed by atoms with van der Waals surface area (Å²) in [5, 5.41) is 21.3. The van der Waals surface area contributed by atoms with Crippen LogP contribution in [0, 0.1) is 28.1 Å². The van der Waals surface area contributed by atoms with Crippen LogP contribution in [-0.4, -0.2) is 17.9 Å². The Morgan fingerprint density at radius 1 is 0.906 bits per heavy atom. The van der Waals surface area contributed by atoms with Gasteiger partial charge >= 0.3 is 0 Å². The van der Waals surface area contributed by atoms with Gasteiger partial charge in [-0.3, -0.25) is 4.79 Å². The van der Waals surface area contributed by atoms with Crippen molar-refractivity contribution in [2.45, 2.75) is 18.0 Å². The molecule has 0 saturated carbocycles. The first-order valence-electron chi connectivity index (χ1n) is 10.3. The van der Waals surface area contributed by atoms with Crippen molar-refractivity contribution in [3.05, 3.63) is 107 Å². The number of nitrogens with zero attached hydrogens (tertiary/aromatic N) is 3. The fraction of sp³-hybridized carbons (Fsp3) is 0.148. The number of fused-ring (bicyclic) bond motifs is 3. The maximum Gasteiger partial charge on any atom is 0.185 e. The quantitative estimate of drug-likeness (QED) is 0.500. The molecule has 32 heavy (non-hydrogen) atoms. The molecule has 3 aromatic rings. The van der Waals surface area contributed by atoms with E-state index in [0.29, 0.717) is 10.6 Å². The predicted molar refractivity (Wildman–Crippen MR) is 124 cm³/mol. The van der Waals surface area contributed by atoms with Crippen LogP contribution in [0.15, 0.2) is 84.9 Å². The largest absolute Gasteiger partial charge is 0.351 e. The third-order valence-electron chi connectivity index (χ3n) is 6.47. The average molecular weight is 436 g/mol. The van der Waals surface area contributed by atoms with E-state index in [2.05, 4.69) is 12.1 Å². The van der Waals surface area contributed by atoms with Gasteiger partial charge in [0.1, 0.15) is 6.04 Å². The van der Waals surface area contributed by atoms with Crippen LogP contribution in [0.25, 0.3) is 6.08 Å². The van der Waals surface area contributed by atoms with Gasteiger partial charge in [0.2, 0.25) is 0 Å². The molecule has 3 atom stereocenters. The molecule has 0 bridgehead atoms. The Hall–Kier alpha value is -3.86. The minimum absolute atomic E-state index is 0.118. The number of rotatable bonds is 3. The summed E-state index contributed by atoms with van der Waals surface area (Å²) in [6.07, 6.45) is 3.82. The highest BCUT2D eigenvalue weighted by molar-refractivity contribution is 6.30. The second-order valence-corrected chi connectivity index (χ2v) is 8.50. The van der Waals surface area contributed by atoms with E-state index in [1.54, 1.807) is 24.3 Å². The van der Waals surface area contributed by atoms with Crippen LogP contribution in [0.1, 0.15) is 27.4 Å². The Bertz CT molecular complexity index is 1290. The van der Waals surface area contributed by atoms with Crippen LogP contribution in [0.2, 0.25) is 5.02 Å². The lowest BCUT2D eigenvalue weighted by Crippen LogP contribution is -2.44. The number of hydrogen-bond donors (Lipinski definition) is 0. The summed E-state index contributed by atoms with van der Waals surface area (Å²) >= 11 is 6.12. The maximum absolute atomic E-state index is 14.0. The third kappa shape index (κ3) is 2.85. The van der Waals surface area contributed by atoms with Crippen molar-refractivity contribution >= 4 is 29.1 Å². The van der Waals surface area contributed by atoms with Crippen molar-refractivity contribution in [3.63, 3.8) is 0 Å². The summed E-state index contributed by atoms with van der Waals surface area (Å²) in [4.78, 5) is 15.9. The highest BCUT2D eigenvalue weighted by atomic mass is 35.5. The molecule has 2 aliphatic heterocycles. The first kappa shape index (κ1) is 20.1. The molecule has 2 heterocycles. The molecule has 1 fully saturated rings. The minimum atomic E-state index is -1.45. The van der Waals surface area contributed by atoms with E-state index in [1.807, 2.05) is 71.6 Å². The van der Waals surface area contributed by atoms with Gasteiger partial charge in [0.05, 0.1) is 18.2 Å². The zero-order valence-corrected chi connectivity index (χ0v) is 17.8. The van der Waals surface area contributed by atoms with E-state index in [4.69, 9.17) is 11.6 Å². The predicted octanol–water partition coefficient (Wildman–Crippen LogP) is 5.62. The van der Waals surface area contributed by atoms with Gasteiger partial charge in [0.25, 0.3) is 0 Å².